The van der Waals surface area contributed by atoms with Gasteiger partial charge >= 0.3 is 0 Å². The van der Waals surface area contributed by atoms with Crippen LogP contribution in [-0.2, 0) is 10.0 Å². The van der Waals surface area contributed by atoms with Crippen molar-refractivity contribution in [3.05, 3.63) is 36.7 Å². The van der Waals surface area contributed by atoms with Crippen LogP contribution in [0.2, 0.25) is 15.1 Å². The van der Waals surface area contributed by atoms with Gasteiger partial charge in [0, 0.05) is 0 Å². The lowest BCUT2D eigenvalue weighted by Gasteiger charge is -2.08. The number of hydrogen-bond acceptors (Lipinski definition) is 4. The molecule has 0 atom stereocenters. The van der Waals surface area contributed by atoms with E-state index in [-0.39, 0.29) is 15.0 Å². The number of nitrogens with one attached hydrogen (secondary N) is 1. The van der Waals surface area contributed by atoms with Gasteiger partial charge in [-0.1, -0.05) is 34.8 Å². The first-order valence-corrected chi connectivity index (χ1v) is 9.23. The molecule has 0 saturated heterocycles. The van der Waals surface area contributed by atoms with Crippen molar-refractivity contribution in [3.63, 3.8) is 0 Å². The highest BCUT2D eigenvalue weighted by Gasteiger charge is 2.21. The predicted molar refractivity (Wildman–Crippen MR) is 86.8 cm³/mol. The molecular formula is C10H6BrCl3N2O2S2. The molecule has 0 spiro atoms. The monoisotopic (exact) mass is 434 g/mol. The van der Waals surface area contributed by atoms with Crippen molar-refractivity contribution >= 4 is 77.9 Å². The average molecular weight is 437 g/mol. The molecule has 0 saturated carbocycles. The van der Waals surface area contributed by atoms with Gasteiger partial charge in [-0.3, -0.25) is 4.72 Å². The Kier molecular flexibility index (Phi) is 4.88. The Morgan fingerprint density at radius 2 is 1.85 bits per heavy atom. The molecule has 2 heterocycles. The normalized spacial score (nSPS) is 11.7. The zero-order valence-electron chi connectivity index (χ0n) is 9.75. The van der Waals surface area contributed by atoms with E-state index in [0.717, 1.165) is 11.3 Å². The minimum atomic E-state index is -3.80. The summed E-state index contributed by atoms with van der Waals surface area (Å²) < 4.78 is 27.3. The van der Waals surface area contributed by atoms with E-state index in [1.54, 1.807) is 6.92 Å². The summed E-state index contributed by atoms with van der Waals surface area (Å²) in [6, 6.07) is 2.77. The summed E-state index contributed by atoms with van der Waals surface area (Å²) >= 11 is 21.8. The second kappa shape index (κ2) is 5.98. The molecule has 0 amide bonds. The number of halogens is 4. The first kappa shape index (κ1) is 16.3. The lowest BCUT2D eigenvalue weighted by Crippen LogP contribution is -2.13. The molecule has 0 bridgehead atoms. The summed E-state index contributed by atoms with van der Waals surface area (Å²) in [6.45, 7) is 1.65. The molecule has 0 aliphatic heterocycles. The van der Waals surface area contributed by atoms with E-state index in [9.17, 15) is 8.42 Å². The van der Waals surface area contributed by atoms with Crippen LogP contribution in [0.15, 0.2) is 20.1 Å². The number of anilines is 1. The van der Waals surface area contributed by atoms with Crippen molar-refractivity contribution in [2.24, 2.45) is 0 Å². The fourth-order valence-corrected chi connectivity index (χ4v) is 5.15. The summed E-state index contributed by atoms with van der Waals surface area (Å²) in [5, 5.41) is 0.799. The molecule has 4 nitrogen and oxygen atoms in total. The number of thiophene rings is 1. The second-order valence-electron chi connectivity index (χ2n) is 3.68. The number of aryl methyl sites for hydroxylation is 1. The molecule has 2 rings (SSSR count). The Balaban J connectivity index is 2.40. The number of nitrogens with zero attached hydrogens (tertiary/aromatic N) is 1. The second-order valence-corrected chi connectivity index (χ2v) is 9.18. The van der Waals surface area contributed by atoms with E-state index in [2.05, 4.69) is 25.6 Å². The molecule has 0 aliphatic rings. The number of rotatable bonds is 3. The van der Waals surface area contributed by atoms with Crippen LogP contribution in [0.25, 0.3) is 0 Å². The minimum absolute atomic E-state index is 0.0224. The van der Waals surface area contributed by atoms with Crippen LogP contribution in [0.4, 0.5) is 5.82 Å². The largest absolute Gasteiger partial charge is 0.272 e. The predicted octanol–water partition coefficient (Wildman–Crippen LogP) is 4.98. The van der Waals surface area contributed by atoms with Gasteiger partial charge in [0.15, 0.2) is 5.82 Å². The highest BCUT2D eigenvalue weighted by molar-refractivity contribution is 9.11. The van der Waals surface area contributed by atoms with Crippen molar-refractivity contribution in [1.29, 1.82) is 0 Å². The van der Waals surface area contributed by atoms with E-state index in [1.807, 2.05) is 0 Å². The maximum absolute atomic E-state index is 12.2. The van der Waals surface area contributed by atoms with E-state index >= 15 is 0 Å². The van der Waals surface area contributed by atoms with Gasteiger partial charge in [-0.2, -0.15) is 0 Å². The zero-order chi connectivity index (χ0) is 15.1. The van der Waals surface area contributed by atoms with Gasteiger partial charge in [0.25, 0.3) is 10.0 Å². The molecule has 20 heavy (non-hydrogen) atoms. The van der Waals surface area contributed by atoms with Crippen molar-refractivity contribution in [2.75, 3.05) is 4.72 Å². The van der Waals surface area contributed by atoms with Gasteiger partial charge in [-0.25, -0.2) is 13.4 Å². The summed E-state index contributed by atoms with van der Waals surface area (Å²) in [6.07, 6.45) is 0. The molecule has 0 aliphatic carbocycles. The van der Waals surface area contributed by atoms with Crippen LogP contribution in [0.3, 0.4) is 0 Å². The van der Waals surface area contributed by atoms with Crippen LogP contribution in [0, 0.1) is 6.92 Å². The maximum Gasteiger partial charge on any atom is 0.272 e. The summed E-state index contributed by atoms with van der Waals surface area (Å²) in [5.74, 6) is 0.0224. The van der Waals surface area contributed by atoms with Crippen molar-refractivity contribution in [2.45, 2.75) is 11.1 Å². The Labute approximate surface area is 143 Å². The maximum atomic E-state index is 12.2. The molecule has 0 radical (unpaired) electrons. The fraction of sp³-hybridized carbons (Fsp3) is 0.100. The molecule has 2 aromatic heterocycles. The van der Waals surface area contributed by atoms with Crippen molar-refractivity contribution < 1.29 is 8.42 Å². The molecule has 108 valence electrons. The van der Waals surface area contributed by atoms with Crippen molar-refractivity contribution in [1.82, 2.24) is 4.98 Å². The first-order valence-electron chi connectivity index (χ1n) is 5.01. The fourth-order valence-electron chi connectivity index (χ4n) is 1.27. The third-order valence-corrected chi connectivity index (χ3v) is 7.18. The number of pyridine rings is 1. The van der Waals surface area contributed by atoms with E-state index in [4.69, 9.17) is 34.8 Å². The van der Waals surface area contributed by atoms with Gasteiger partial charge in [0.1, 0.15) is 4.21 Å². The highest BCUT2D eigenvalue weighted by atomic mass is 79.9. The number of sulfonamides is 1. The van der Waals surface area contributed by atoms with Gasteiger partial charge < -0.3 is 0 Å². The van der Waals surface area contributed by atoms with E-state index in [0.29, 0.717) is 19.5 Å². The van der Waals surface area contributed by atoms with Crippen LogP contribution in [0.5, 0.6) is 0 Å². The van der Waals surface area contributed by atoms with Crippen molar-refractivity contribution in [3.8, 4) is 0 Å². The molecule has 0 aromatic carbocycles. The number of hydrogen-bond donors (Lipinski definition) is 1. The lowest BCUT2D eigenvalue weighted by atomic mass is 10.4. The topological polar surface area (TPSA) is 59.1 Å². The minimum Gasteiger partial charge on any atom is -0.261 e. The molecule has 0 fully saturated rings. The Bertz CT molecular complexity index is 758. The van der Waals surface area contributed by atoms with Crippen LogP contribution in [-0.4, -0.2) is 13.4 Å². The Morgan fingerprint density at radius 1 is 1.20 bits per heavy atom. The summed E-state index contributed by atoms with van der Waals surface area (Å²) in [7, 11) is -3.80. The SMILES string of the molecule is Cc1nc(NS(=O)(=O)c2cc(Cl)c(Br)s2)c(Cl)cc1Cl. The van der Waals surface area contributed by atoms with E-state index < -0.39 is 10.0 Å². The first-order chi connectivity index (χ1) is 9.20. The quantitative estimate of drug-likeness (QED) is 0.739. The van der Waals surface area contributed by atoms with Gasteiger partial charge in [0.05, 0.1) is 24.5 Å². The molecular weight excluding hydrogens is 431 g/mol. The van der Waals surface area contributed by atoms with E-state index in [1.165, 1.54) is 12.1 Å². The Morgan fingerprint density at radius 3 is 2.40 bits per heavy atom. The molecule has 10 heteroatoms. The summed E-state index contributed by atoms with van der Waals surface area (Å²) in [4.78, 5) is 4.02. The van der Waals surface area contributed by atoms with Gasteiger partial charge in [0.2, 0.25) is 0 Å². The standard InChI is InChI=1S/C10H6BrCl3N2O2S2/c1-4-5(12)2-7(14)10(15-4)16-20(17,18)8-3-6(13)9(11)19-8/h2-3H,1H3,(H,15,16). The smallest absolute Gasteiger partial charge is 0.261 e. The lowest BCUT2D eigenvalue weighted by molar-refractivity contribution is 0.603. The third kappa shape index (κ3) is 3.40. The average Bonchev–Trinajstić information content (AvgIpc) is 2.67. The highest BCUT2D eigenvalue weighted by Crippen LogP contribution is 2.36. The molecule has 1 N–H and O–H groups in total. The van der Waals surface area contributed by atoms with Crippen LogP contribution < -0.4 is 4.72 Å². The van der Waals surface area contributed by atoms with Crippen LogP contribution >= 0.6 is 62.1 Å². The zero-order valence-corrected chi connectivity index (χ0v) is 15.2. The summed E-state index contributed by atoms with van der Waals surface area (Å²) in [5.41, 5.74) is 0.471. The Hall–Kier alpha value is -0.0500. The molecule has 2 aromatic rings. The van der Waals surface area contributed by atoms with Gasteiger partial charge in [-0.15, -0.1) is 11.3 Å². The third-order valence-electron chi connectivity index (χ3n) is 2.22. The number of aromatic nitrogens is 1. The van der Waals surface area contributed by atoms with Gasteiger partial charge in [-0.05, 0) is 35.0 Å². The van der Waals surface area contributed by atoms with Crippen LogP contribution in [0.1, 0.15) is 5.69 Å². The molecule has 0 unspecified atom stereocenters.